The fourth-order valence-corrected chi connectivity index (χ4v) is 1.61. The van der Waals surface area contributed by atoms with Crippen LogP contribution >= 0.6 is 0 Å². The van der Waals surface area contributed by atoms with Gasteiger partial charge in [-0.05, 0) is 6.07 Å². The molecule has 2 rings (SSSR count). The van der Waals surface area contributed by atoms with Crippen molar-refractivity contribution in [1.82, 2.24) is 0 Å². The fourth-order valence-electron chi connectivity index (χ4n) is 1.61. The van der Waals surface area contributed by atoms with Crippen LogP contribution in [0.2, 0.25) is 0 Å². The minimum Gasteiger partial charge on any atom is -0.299 e. The minimum absolute atomic E-state index is 0.320. The number of benzene rings is 1. The predicted octanol–water partition coefficient (Wildman–Crippen LogP) is 1.76. The number of ketones is 1. The summed E-state index contributed by atoms with van der Waals surface area (Å²) in [5.41, 5.74) is -0.714. The number of rotatable bonds is 2. The van der Waals surface area contributed by atoms with E-state index in [0.717, 1.165) is 0 Å². The molecule has 0 atom stereocenters. The van der Waals surface area contributed by atoms with Crippen molar-refractivity contribution < 1.29 is 27.2 Å². The highest BCUT2D eigenvalue weighted by Crippen LogP contribution is 2.31. The smallest absolute Gasteiger partial charge is 0.299 e. The molecule has 1 aromatic rings. The van der Waals surface area contributed by atoms with Crippen LogP contribution in [0.15, 0.2) is 12.1 Å². The number of alkyl halides is 2. The van der Waals surface area contributed by atoms with Crippen molar-refractivity contribution >= 4 is 17.4 Å². The third-order valence-corrected chi connectivity index (χ3v) is 2.33. The number of Topliss-reactive ketones (excluding diaryl/α,β-unsaturated/α-hetero) is 1. The van der Waals surface area contributed by atoms with E-state index in [0.29, 0.717) is 17.0 Å². The molecule has 0 saturated heterocycles. The molecule has 1 aromatic carbocycles. The predicted molar refractivity (Wildman–Crippen MR) is 49.0 cm³/mol. The molecule has 7 heteroatoms. The molecule has 0 bridgehead atoms. The molecule has 1 heterocycles. The van der Waals surface area contributed by atoms with Crippen LogP contribution in [-0.2, 0) is 4.79 Å². The Hall–Kier alpha value is -1.92. The molecule has 0 saturated carbocycles. The first kappa shape index (κ1) is 11.6. The Bertz CT molecular complexity index is 515. The Kier molecular flexibility index (Phi) is 2.60. The van der Waals surface area contributed by atoms with Crippen LogP contribution in [0.25, 0.3) is 0 Å². The van der Waals surface area contributed by atoms with E-state index in [1.165, 1.54) is 0 Å². The van der Waals surface area contributed by atoms with Crippen LogP contribution in [0.1, 0.15) is 10.4 Å². The summed E-state index contributed by atoms with van der Waals surface area (Å²) in [4.78, 5) is 23.1. The number of carbonyl (C=O) groups is 2. The molecule has 1 aliphatic heterocycles. The average Bonchev–Trinajstić information content (AvgIpc) is 2.45. The third kappa shape index (κ3) is 1.77. The molecule has 3 nitrogen and oxygen atoms in total. The van der Waals surface area contributed by atoms with Gasteiger partial charge in [-0.1, -0.05) is 0 Å². The first-order valence-corrected chi connectivity index (χ1v) is 4.55. The van der Waals surface area contributed by atoms with Crippen molar-refractivity contribution in [3.8, 4) is 0 Å². The molecule has 0 fully saturated rings. The molecule has 0 N–H and O–H groups in total. The summed E-state index contributed by atoms with van der Waals surface area (Å²) >= 11 is 0. The van der Waals surface area contributed by atoms with Crippen molar-refractivity contribution in [3.63, 3.8) is 0 Å². The van der Waals surface area contributed by atoms with Gasteiger partial charge in [0.05, 0.1) is 17.8 Å². The quantitative estimate of drug-likeness (QED) is 0.590. The van der Waals surface area contributed by atoms with Crippen LogP contribution in [0, 0.1) is 11.6 Å². The van der Waals surface area contributed by atoms with E-state index in [4.69, 9.17) is 0 Å². The zero-order chi connectivity index (χ0) is 12.7. The van der Waals surface area contributed by atoms with E-state index in [1.807, 2.05) is 0 Å². The molecule has 17 heavy (non-hydrogen) atoms. The van der Waals surface area contributed by atoms with Crippen molar-refractivity contribution in [2.75, 3.05) is 11.4 Å². The lowest BCUT2D eigenvalue weighted by Gasteiger charge is -2.15. The highest BCUT2D eigenvalue weighted by atomic mass is 19.3. The largest absolute Gasteiger partial charge is 0.299 e. The molecule has 0 spiro atoms. The SMILES string of the molecule is O=C1C(=O)N(CC(F)F)c2cc(F)c(F)cc21. The molecule has 0 unspecified atom stereocenters. The lowest BCUT2D eigenvalue weighted by atomic mass is 10.1. The average molecular weight is 247 g/mol. The van der Waals surface area contributed by atoms with Crippen LogP contribution in [0.3, 0.4) is 0 Å². The van der Waals surface area contributed by atoms with Gasteiger partial charge >= 0.3 is 0 Å². The van der Waals surface area contributed by atoms with Crippen LogP contribution in [0.5, 0.6) is 0 Å². The summed E-state index contributed by atoms with van der Waals surface area (Å²) in [5.74, 6) is -4.92. The zero-order valence-corrected chi connectivity index (χ0v) is 8.21. The van der Waals surface area contributed by atoms with E-state index >= 15 is 0 Å². The van der Waals surface area contributed by atoms with Crippen LogP contribution in [-0.4, -0.2) is 24.7 Å². The summed E-state index contributed by atoms with van der Waals surface area (Å²) < 4.78 is 50.2. The number of hydrogen-bond acceptors (Lipinski definition) is 2. The van der Waals surface area contributed by atoms with Gasteiger partial charge in [0.25, 0.3) is 18.1 Å². The lowest BCUT2D eigenvalue weighted by molar-refractivity contribution is -0.114. The summed E-state index contributed by atoms with van der Waals surface area (Å²) in [6.07, 6.45) is -2.87. The maximum Gasteiger partial charge on any atom is 0.299 e. The monoisotopic (exact) mass is 247 g/mol. The van der Waals surface area contributed by atoms with Crippen LogP contribution < -0.4 is 4.90 Å². The van der Waals surface area contributed by atoms with E-state index < -0.39 is 41.9 Å². The van der Waals surface area contributed by atoms with Crippen LogP contribution in [0.4, 0.5) is 23.2 Å². The fraction of sp³-hybridized carbons (Fsp3) is 0.200. The van der Waals surface area contributed by atoms with Gasteiger partial charge in [-0.2, -0.15) is 0 Å². The lowest BCUT2D eigenvalue weighted by Crippen LogP contribution is -2.33. The minimum atomic E-state index is -2.87. The maximum atomic E-state index is 12.9. The molecular formula is C10H5F4NO2. The molecule has 90 valence electrons. The zero-order valence-electron chi connectivity index (χ0n) is 8.21. The Morgan fingerprint density at radius 3 is 2.29 bits per heavy atom. The second-order valence-electron chi connectivity index (χ2n) is 3.42. The second kappa shape index (κ2) is 3.83. The van der Waals surface area contributed by atoms with Crippen molar-refractivity contribution in [2.45, 2.75) is 6.43 Å². The Labute approximate surface area is 92.6 Å². The summed E-state index contributed by atoms with van der Waals surface area (Å²) in [5, 5.41) is 0. The summed E-state index contributed by atoms with van der Waals surface area (Å²) in [7, 11) is 0. The van der Waals surface area contributed by atoms with E-state index in [-0.39, 0.29) is 5.69 Å². The molecule has 0 aliphatic carbocycles. The number of anilines is 1. The number of fused-ring (bicyclic) bond motifs is 1. The molecule has 0 radical (unpaired) electrons. The number of amides is 1. The van der Waals surface area contributed by atoms with E-state index in [2.05, 4.69) is 0 Å². The van der Waals surface area contributed by atoms with Crippen molar-refractivity contribution in [2.24, 2.45) is 0 Å². The molecule has 0 aromatic heterocycles. The second-order valence-corrected chi connectivity index (χ2v) is 3.42. The van der Waals surface area contributed by atoms with Gasteiger partial charge in [0, 0.05) is 6.07 Å². The number of hydrogen-bond donors (Lipinski definition) is 0. The number of carbonyl (C=O) groups excluding carboxylic acids is 2. The Balaban J connectivity index is 2.52. The molecular weight excluding hydrogens is 242 g/mol. The van der Waals surface area contributed by atoms with Gasteiger partial charge in [-0.15, -0.1) is 0 Å². The van der Waals surface area contributed by atoms with E-state index in [1.54, 1.807) is 0 Å². The van der Waals surface area contributed by atoms with Gasteiger partial charge < -0.3 is 0 Å². The Morgan fingerprint density at radius 1 is 1.12 bits per heavy atom. The van der Waals surface area contributed by atoms with Gasteiger partial charge in [0.1, 0.15) is 0 Å². The number of nitrogens with zero attached hydrogens (tertiary/aromatic N) is 1. The molecule has 1 amide bonds. The highest BCUT2D eigenvalue weighted by molar-refractivity contribution is 6.52. The summed E-state index contributed by atoms with van der Waals surface area (Å²) in [6, 6.07) is 1.10. The molecule has 1 aliphatic rings. The first-order chi connectivity index (χ1) is 7.91. The standard InChI is InChI=1S/C10H5F4NO2/c11-5-1-4-7(2-6(5)12)15(3-8(13)14)10(17)9(4)16/h1-2,8H,3H2. The first-order valence-electron chi connectivity index (χ1n) is 4.55. The van der Waals surface area contributed by atoms with Gasteiger partial charge in [0.15, 0.2) is 11.6 Å². The third-order valence-electron chi connectivity index (χ3n) is 2.33. The van der Waals surface area contributed by atoms with Crippen molar-refractivity contribution in [1.29, 1.82) is 0 Å². The summed E-state index contributed by atoms with van der Waals surface area (Å²) in [6.45, 7) is -1.03. The highest BCUT2D eigenvalue weighted by Gasteiger charge is 2.38. The van der Waals surface area contributed by atoms with E-state index in [9.17, 15) is 27.2 Å². The van der Waals surface area contributed by atoms with Crippen molar-refractivity contribution in [3.05, 3.63) is 29.3 Å². The van der Waals surface area contributed by atoms with Gasteiger partial charge in [-0.3, -0.25) is 14.5 Å². The maximum absolute atomic E-state index is 12.9. The Morgan fingerprint density at radius 2 is 1.71 bits per heavy atom. The van der Waals surface area contributed by atoms with Gasteiger partial charge in [0.2, 0.25) is 0 Å². The topological polar surface area (TPSA) is 37.4 Å². The normalized spacial score (nSPS) is 14.8. The number of halogens is 4. The van der Waals surface area contributed by atoms with Gasteiger partial charge in [-0.25, -0.2) is 17.6 Å².